The molecule has 0 saturated heterocycles. The second kappa shape index (κ2) is 7.53. The predicted molar refractivity (Wildman–Crippen MR) is 60.4 cm³/mol. The van der Waals surface area contributed by atoms with Gasteiger partial charge in [-0.05, 0) is 27.6 Å². The molecule has 0 aliphatic rings. The molecule has 0 saturated carbocycles. The van der Waals surface area contributed by atoms with Gasteiger partial charge < -0.3 is 10.8 Å². The van der Waals surface area contributed by atoms with E-state index in [1.54, 1.807) is 12.4 Å². The van der Waals surface area contributed by atoms with E-state index in [0.29, 0.717) is 0 Å². The molecule has 1 aromatic rings. The monoisotopic (exact) mass is 288 g/mol. The molecule has 0 aliphatic carbocycles. The first-order valence-electron chi connectivity index (χ1n) is 3.21. The molecule has 3 nitrogen and oxygen atoms in total. The maximum atomic E-state index is 8.71. The molecular formula is C7H11BrCl2N2O. The Balaban J connectivity index is 0. The summed E-state index contributed by atoms with van der Waals surface area (Å²) in [6, 6.07) is 1.51. The van der Waals surface area contributed by atoms with Crippen LogP contribution in [0.3, 0.4) is 0 Å². The summed E-state index contributed by atoms with van der Waals surface area (Å²) in [6.45, 7) is -0.0574. The highest BCUT2D eigenvalue weighted by molar-refractivity contribution is 9.10. The highest BCUT2D eigenvalue weighted by atomic mass is 79.9. The van der Waals surface area contributed by atoms with Crippen LogP contribution in [0.25, 0.3) is 0 Å². The molecule has 1 heterocycles. The highest BCUT2D eigenvalue weighted by Crippen LogP contribution is 2.13. The van der Waals surface area contributed by atoms with Crippen molar-refractivity contribution in [1.82, 2.24) is 4.98 Å². The smallest absolute Gasteiger partial charge is 0.0624 e. The van der Waals surface area contributed by atoms with E-state index in [1.165, 1.54) is 0 Å². The van der Waals surface area contributed by atoms with Gasteiger partial charge in [0.15, 0.2) is 0 Å². The number of nitrogens with two attached hydrogens (primary N) is 1. The number of halogens is 3. The summed E-state index contributed by atoms with van der Waals surface area (Å²) in [6.07, 6.45) is 3.32. The molecule has 6 heteroatoms. The van der Waals surface area contributed by atoms with Crippen LogP contribution in [-0.2, 0) is 0 Å². The van der Waals surface area contributed by atoms with Gasteiger partial charge in [-0.25, -0.2) is 0 Å². The van der Waals surface area contributed by atoms with Crippen molar-refractivity contribution in [2.24, 2.45) is 5.73 Å². The Hall–Kier alpha value is 0.130. The zero-order valence-corrected chi connectivity index (χ0v) is 9.90. The van der Waals surface area contributed by atoms with Crippen molar-refractivity contribution >= 4 is 40.7 Å². The van der Waals surface area contributed by atoms with Gasteiger partial charge in [0, 0.05) is 16.9 Å². The minimum Gasteiger partial charge on any atom is -0.394 e. The molecule has 0 fully saturated rings. The van der Waals surface area contributed by atoms with Crippen molar-refractivity contribution in [1.29, 1.82) is 0 Å². The lowest BCUT2D eigenvalue weighted by molar-refractivity contribution is 0.268. The van der Waals surface area contributed by atoms with Crippen LogP contribution in [0.15, 0.2) is 22.9 Å². The minimum atomic E-state index is -0.333. The number of pyridine rings is 1. The minimum absolute atomic E-state index is 0. The maximum Gasteiger partial charge on any atom is 0.0624 e. The number of aliphatic hydroxyl groups excluding tert-OH is 1. The van der Waals surface area contributed by atoms with E-state index in [4.69, 9.17) is 10.8 Å². The number of hydrogen-bond acceptors (Lipinski definition) is 3. The van der Waals surface area contributed by atoms with Crippen LogP contribution in [0.1, 0.15) is 11.6 Å². The summed E-state index contributed by atoms with van der Waals surface area (Å²) in [5.41, 5.74) is 6.39. The second-order valence-electron chi connectivity index (χ2n) is 2.23. The van der Waals surface area contributed by atoms with Gasteiger partial charge in [-0.1, -0.05) is 0 Å². The maximum absolute atomic E-state index is 8.71. The fourth-order valence-corrected chi connectivity index (χ4v) is 1.12. The number of rotatable bonds is 2. The average molecular weight is 290 g/mol. The number of aromatic nitrogens is 1. The van der Waals surface area contributed by atoms with Gasteiger partial charge in [-0.2, -0.15) is 0 Å². The van der Waals surface area contributed by atoms with Crippen molar-refractivity contribution in [3.05, 3.63) is 28.5 Å². The molecule has 76 valence electrons. The van der Waals surface area contributed by atoms with Gasteiger partial charge in [-0.15, -0.1) is 24.8 Å². The first-order valence-corrected chi connectivity index (χ1v) is 4.00. The molecule has 1 rings (SSSR count). The third-order valence-electron chi connectivity index (χ3n) is 1.35. The third-order valence-corrected chi connectivity index (χ3v) is 1.78. The van der Waals surface area contributed by atoms with Crippen molar-refractivity contribution < 1.29 is 5.11 Å². The van der Waals surface area contributed by atoms with Gasteiger partial charge in [0.1, 0.15) is 0 Å². The van der Waals surface area contributed by atoms with Crippen LogP contribution in [-0.4, -0.2) is 16.7 Å². The summed E-state index contributed by atoms with van der Waals surface area (Å²) in [5, 5.41) is 8.71. The number of nitrogens with zero attached hydrogens (tertiary/aromatic N) is 1. The van der Waals surface area contributed by atoms with Crippen molar-refractivity contribution in [2.45, 2.75) is 6.04 Å². The average Bonchev–Trinajstić information content (AvgIpc) is 2.03. The van der Waals surface area contributed by atoms with Gasteiger partial charge >= 0.3 is 0 Å². The Kier molecular flexibility index (Phi) is 9.03. The molecule has 0 aromatic carbocycles. The van der Waals surface area contributed by atoms with Crippen LogP contribution >= 0.6 is 40.7 Å². The summed E-state index contributed by atoms with van der Waals surface area (Å²) in [4.78, 5) is 3.92. The van der Waals surface area contributed by atoms with Crippen LogP contribution in [0, 0.1) is 0 Å². The predicted octanol–water partition coefficient (Wildman–Crippen LogP) is 1.68. The largest absolute Gasteiger partial charge is 0.394 e. The first-order chi connectivity index (χ1) is 5.24. The van der Waals surface area contributed by atoms with Crippen LogP contribution in [0.4, 0.5) is 0 Å². The summed E-state index contributed by atoms with van der Waals surface area (Å²) in [5.74, 6) is 0. The van der Waals surface area contributed by atoms with Crippen molar-refractivity contribution in [2.75, 3.05) is 6.61 Å². The van der Waals surface area contributed by atoms with Crippen LogP contribution < -0.4 is 5.73 Å². The lowest BCUT2D eigenvalue weighted by Crippen LogP contribution is -2.14. The SMILES string of the molecule is Cl.Cl.N[C@H](CO)c1cncc(Br)c1. The van der Waals surface area contributed by atoms with Gasteiger partial charge in [0.2, 0.25) is 0 Å². The molecule has 3 N–H and O–H groups in total. The second-order valence-corrected chi connectivity index (χ2v) is 3.14. The van der Waals surface area contributed by atoms with Gasteiger partial charge in [0.25, 0.3) is 0 Å². The van der Waals surface area contributed by atoms with E-state index in [0.717, 1.165) is 10.0 Å². The lowest BCUT2D eigenvalue weighted by atomic mass is 10.1. The molecule has 1 aromatic heterocycles. The summed E-state index contributed by atoms with van der Waals surface area (Å²) >= 11 is 3.26. The quantitative estimate of drug-likeness (QED) is 0.871. The summed E-state index contributed by atoms with van der Waals surface area (Å²) < 4.78 is 0.874. The van der Waals surface area contributed by atoms with E-state index >= 15 is 0 Å². The van der Waals surface area contributed by atoms with Crippen molar-refractivity contribution in [3.8, 4) is 0 Å². The topological polar surface area (TPSA) is 59.1 Å². The van der Waals surface area contributed by atoms with Gasteiger partial charge in [-0.3, -0.25) is 4.98 Å². The Morgan fingerprint density at radius 3 is 2.54 bits per heavy atom. The van der Waals surface area contributed by atoms with E-state index in [1.807, 2.05) is 6.07 Å². The standard InChI is InChI=1S/C7H9BrN2O.2ClH/c8-6-1-5(2-10-3-6)7(9)4-11;;/h1-3,7,11H,4,9H2;2*1H/t7-;;/m1../s1. The Morgan fingerprint density at radius 1 is 1.46 bits per heavy atom. The zero-order valence-electron chi connectivity index (χ0n) is 6.68. The normalized spacial score (nSPS) is 11.0. The molecular weight excluding hydrogens is 279 g/mol. The van der Waals surface area contributed by atoms with Crippen LogP contribution in [0.2, 0.25) is 0 Å². The van der Waals surface area contributed by atoms with E-state index in [-0.39, 0.29) is 37.5 Å². The fourth-order valence-electron chi connectivity index (χ4n) is 0.736. The Bertz CT molecular complexity index is 250. The molecule has 0 amide bonds. The molecule has 0 spiro atoms. The number of aliphatic hydroxyl groups is 1. The van der Waals surface area contributed by atoms with E-state index in [2.05, 4.69) is 20.9 Å². The lowest BCUT2D eigenvalue weighted by Gasteiger charge is -2.06. The Labute approximate surface area is 97.7 Å². The molecule has 0 unspecified atom stereocenters. The van der Waals surface area contributed by atoms with E-state index in [9.17, 15) is 0 Å². The zero-order chi connectivity index (χ0) is 8.27. The van der Waals surface area contributed by atoms with Gasteiger partial charge in [0.05, 0.1) is 12.6 Å². The third kappa shape index (κ3) is 4.78. The Morgan fingerprint density at radius 2 is 2.08 bits per heavy atom. The molecule has 13 heavy (non-hydrogen) atoms. The number of hydrogen-bond donors (Lipinski definition) is 2. The molecule has 1 atom stereocenters. The highest BCUT2D eigenvalue weighted by Gasteiger charge is 2.03. The summed E-state index contributed by atoms with van der Waals surface area (Å²) in [7, 11) is 0. The molecule has 0 aliphatic heterocycles. The fraction of sp³-hybridized carbons (Fsp3) is 0.286. The molecule has 0 bridgehead atoms. The molecule has 0 radical (unpaired) electrons. The van der Waals surface area contributed by atoms with Crippen molar-refractivity contribution in [3.63, 3.8) is 0 Å². The van der Waals surface area contributed by atoms with E-state index < -0.39 is 0 Å². The first kappa shape index (κ1) is 15.6. The van der Waals surface area contributed by atoms with Crippen LogP contribution in [0.5, 0.6) is 0 Å².